The summed E-state index contributed by atoms with van der Waals surface area (Å²) in [7, 11) is 0. The summed E-state index contributed by atoms with van der Waals surface area (Å²) in [5, 5.41) is 0. The molecule has 0 N–H and O–H groups in total. The van der Waals surface area contributed by atoms with Crippen LogP contribution in [0.15, 0.2) is 0 Å². The van der Waals surface area contributed by atoms with E-state index in [0.29, 0.717) is 0 Å². The van der Waals surface area contributed by atoms with Crippen molar-refractivity contribution in [1.29, 1.82) is 0 Å². The summed E-state index contributed by atoms with van der Waals surface area (Å²) in [6, 6.07) is 0. The Kier molecular flexibility index (Phi) is 73.4. The van der Waals surface area contributed by atoms with E-state index in [-0.39, 0.29) is 75.7 Å². The minimum absolute atomic E-state index is 0. The summed E-state index contributed by atoms with van der Waals surface area (Å²) in [6.45, 7) is 0. The van der Waals surface area contributed by atoms with Crippen molar-refractivity contribution in [2.45, 2.75) is 0 Å². The summed E-state index contributed by atoms with van der Waals surface area (Å²) in [5.41, 5.74) is 0. The van der Waals surface area contributed by atoms with Gasteiger partial charge in [-0.3, -0.25) is 0 Å². The van der Waals surface area contributed by atoms with Crippen LogP contribution in [0, 0.1) is 0 Å². The fourth-order valence-electron chi connectivity index (χ4n) is 0. The summed E-state index contributed by atoms with van der Waals surface area (Å²) < 4.78 is 8.39. The first-order chi connectivity index (χ1) is 1.00. The molecule has 0 aliphatic heterocycles. The molecule has 4 heavy (non-hydrogen) atoms. The SMILES string of the molecule is [O]=[BiH].[PbH2].[TeH2]. The van der Waals surface area contributed by atoms with Gasteiger partial charge in [0.1, 0.15) is 0 Å². The fraction of sp³-hybridized carbons (Fsp3) is 0. The molecule has 0 aromatic carbocycles. The van der Waals surface area contributed by atoms with Crippen LogP contribution in [0.25, 0.3) is 0 Å². The van der Waals surface area contributed by atoms with Gasteiger partial charge in [-0.05, 0) is 0 Å². The van der Waals surface area contributed by atoms with Gasteiger partial charge < -0.3 is 0 Å². The minimum atomic E-state index is 0. The monoisotopic (exact) mass is 568 g/mol. The maximum absolute atomic E-state index is 8.39. The van der Waals surface area contributed by atoms with Crippen molar-refractivity contribution in [3.63, 3.8) is 0 Å². The van der Waals surface area contributed by atoms with Crippen LogP contribution in [0.4, 0.5) is 0 Å². The third-order valence-electron chi connectivity index (χ3n) is 0. The van der Waals surface area contributed by atoms with Crippen molar-refractivity contribution in [3.05, 3.63) is 0 Å². The maximum atomic E-state index is 8.39. The van der Waals surface area contributed by atoms with Crippen LogP contribution >= 0.6 is 0 Å². The third-order valence-corrected chi connectivity index (χ3v) is 0. The van der Waals surface area contributed by atoms with Crippen molar-refractivity contribution in [3.8, 4) is 0 Å². The molecule has 0 aromatic rings. The van der Waals surface area contributed by atoms with E-state index < -0.39 is 0 Å². The molecule has 4 heteroatoms. The van der Waals surface area contributed by atoms with Crippen LogP contribution in [-0.2, 0) is 2.81 Å². The van der Waals surface area contributed by atoms with Gasteiger partial charge in [-0.2, -0.15) is 0 Å². The van der Waals surface area contributed by atoms with Gasteiger partial charge in [0, 0.05) is 0 Å². The first-order valence-electron chi connectivity index (χ1n) is 0.204. The van der Waals surface area contributed by atoms with E-state index in [1.165, 1.54) is 0 Å². The first-order valence-corrected chi connectivity index (χ1v) is 1.79. The van der Waals surface area contributed by atoms with Crippen LogP contribution in [0.5, 0.6) is 0 Å². The van der Waals surface area contributed by atoms with Crippen molar-refractivity contribution < 1.29 is 2.81 Å². The van der Waals surface area contributed by atoms with Gasteiger partial charge in [0.2, 0.25) is 0 Å². The zero-order valence-electron chi connectivity index (χ0n) is 2.12. The van der Waals surface area contributed by atoms with Crippen molar-refractivity contribution >= 4 is 75.7 Å². The molecule has 2 radical (unpaired) electrons. The van der Waals surface area contributed by atoms with Crippen LogP contribution < -0.4 is 0 Å². The van der Waals surface area contributed by atoms with Crippen LogP contribution in [-0.4, -0.2) is 75.7 Å². The van der Waals surface area contributed by atoms with Gasteiger partial charge in [0.15, 0.2) is 0 Å². The van der Waals surface area contributed by atoms with Crippen molar-refractivity contribution in [1.82, 2.24) is 0 Å². The zero-order valence-corrected chi connectivity index (χ0v) is 14.4. The number of rotatable bonds is 0. The molecule has 0 saturated heterocycles. The van der Waals surface area contributed by atoms with Gasteiger partial charge in [-0.25, -0.2) is 0 Å². The summed E-state index contributed by atoms with van der Waals surface area (Å²) >= 11 is 0.0556. The van der Waals surface area contributed by atoms with Crippen molar-refractivity contribution in [2.75, 3.05) is 0 Å². The first kappa shape index (κ1) is 16.1. The topological polar surface area (TPSA) is 17.1 Å². The fourth-order valence-corrected chi connectivity index (χ4v) is 0. The Balaban J connectivity index is -0.00000000500. The molecule has 0 aromatic heterocycles. The molecule has 0 amide bonds. The molecule has 0 bridgehead atoms. The van der Waals surface area contributed by atoms with E-state index in [9.17, 15) is 0 Å². The van der Waals surface area contributed by atoms with Gasteiger partial charge in [-0.1, -0.05) is 0 Å². The summed E-state index contributed by atoms with van der Waals surface area (Å²) in [5.74, 6) is 0. The molecule has 0 aliphatic carbocycles. The second-order valence-corrected chi connectivity index (χ2v) is 0. The molecule has 0 saturated carbocycles. The standard InChI is InChI=1S/Bi.O.Pb.H2Te.3H/h;;;1H2;;;. The molecule has 0 heterocycles. The van der Waals surface area contributed by atoms with E-state index in [2.05, 4.69) is 0 Å². The normalized spacial score (nSPS) is 1.00. The summed E-state index contributed by atoms with van der Waals surface area (Å²) in [6.07, 6.45) is 0. The Labute approximate surface area is 77.1 Å². The van der Waals surface area contributed by atoms with Gasteiger partial charge >= 0.3 is 78.5 Å². The van der Waals surface area contributed by atoms with E-state index in [4.69, 9.17) is 2.81 Å². The molecule has 26 valence electrons. The van der Waals surface area contributed by atoms with E-state index >= 15 is 0 Å². The Morgan fingerprint density at radius 2 is 1.25 bits per heavy atom. The number of hydrogen-bond donors (Lipinski definition) is 0. The van der Waals surface area contributed by atoms with Crippen LogP contribution in [0.3, 0.4) is 0 Å². The Morgan fingerprint density at radius 3 is 1.25 bits per heavy atom. The molecule has 0 aliphatic rings. The molecule has 0 atom stereocenters. The predicted molar refractivity (Wildman–Crippen MR) is 24.9 cm³/mol. The van der Waals surface area contributed by atoms with E-state index in [1.54, 1.807) is 0 Å². The Bertz CT molecular complexity index is 8.00. The van der Waals surface area contributed by atoms with E-state index in [0.717, 1.165) is 0 Å². The number of hydrogen-bond acceptors (Lipinski definition) is 1. The van der Waals surface area contributed by atoms with E-state index in [1.807, 2.05) is 0 Å². The zero-order chi connectivity index (χ0) is 2.00. The molecule has 0 fully saturated rings. The quantitative estimate of drug-likeness (QED) is 0.295. The van der Waals surface area contributed by atoms with Gasteiger partial charge in [-0.15, -0.1) is 0 Å². The second-order valence-electron chi connectivity index (χ2n) is 0. The molecular formula is H5BiOPbTe. The molecule has 1 nitrogen and oxygen atoms in total. The molecule has 0 spiro atoms. The summed E-state index contributed by atoms with van der Waals surface area (Å²) in [4.78, 5) is 0. The van der Waals surface area contributed by atoms with Crippen LogP contribution in [0.1, 0.15) is 0 Å². The predicted octanol–water partition coefficient (Wildman–Crippen LogP) is -2.60. The van der Waals surface area contributed by atoms with Crippen molar-refractivity contribution in [2.24, 2.45) is 0 Å². The Hall–Kier alpha value is 2.39. The Morgan fingerprint density at radius 1 is 1.25 bits per heavy atom. The van der Waals surface area contributed by atoms with Gasteiger partial charge in [0.05, 0.1) is 0 Å². The average molecular weight is 565 g/mol. The second kappa shape index (κ2) is 18.2. The molecule has 0 unspecified atom stereocenters. The van der Waals surface area contributed by atoms with Gasteiger partial charge in [0.25, 0.3) is 0 Å². The van der Waals surface area contributed by atoms with Crippen LogP contribution in [0.2, 0.25) is 0 Å². The molecular weight excluding hydrogens is 560 g/mol. The third kappa shape index (κ3) is 8.83. The average Bonchev–Trinajstić information content (AvgIpc) is 1.00. The molecule has 0 rings (SSSR count).